The number of hydrogen-bond acceptors (Lipinski definition) is 4. The molecule has 1 aliphatic heterocycles. The molecule has 24 heavy (non-hydrogen) atoms. The number of ketones is 1. The van der Waals surface area contributed by atoms with Crippen LogP contribution in [0.1, 0.15) is 25.3 Å². The predicted molar refractivity (Wildman–Crippen MR) is 105 cm³/mol. The summed E-state index contributed by atoms with van der Waals surface area (Å²) in [5.74, 6) is 1.33. The Morgan fingerprint density at radius 2 is 1.88 bits per heavy atom. The molecule has 0 aromatic heterocycles. The van der Waals surface area contributed by atoms with Gasteiger partial charge in [-0.15, -0.1) is 23.5 Å². The number of nitrogens with one attached hydrogen (secondary N) is 1. The van der Waals surface area contributed by atoms with E-state index in [1.54, 1.807) is 41.7 Å². The second-order valence-corrected chi connectivity index (χ2v) is 8.12. The van der Waals surface area contributed by atoms with Crippen LogP contribution in [0, 0.1) is 0 Å². The van der Waals surface area contributed by atoms with Gasteiger partial charge in [-0.05, 0) is 30.2 Å². The van der Waals surface area contributed by atoms with Gasteiger partial charge in [0.15, 0.2) is 5.78 Å². The summed E-state index contributed by atoms with van der Waals surface area (Å²) >= 11 is 9.02. The molecular weight excluding hydrogens is 362 g/mol. The number of benzene rings is 1. The summed E-state index contributed by atoms with van der Waals surface area (Å²) in [7, 11) is 0. The summed E-state index contributed by atoms with van der Waals surface area (Å²) in [5, 5.41) is 3.50. The Morgan fingerprint density at radius 3 is 2.50 bits per heavy atom. The highest BCUT2D eigenvalue weighted by atomic mass is 35.5. The standard InChI is InChI=1S/C18H20ClNO2S2/c1-2-3-10-20-17(22)16(18-23-11-12-24-18)15(21)9-6-13-4-7-14(19)8-5-13/h4-9H,2-3,10-12H2,1H3,(H,20,22)/b9-6+. The Hall–Kier alpha value is -1.17. The topological polar surface area (TPSA) is 46.2 Å². The fraction of sp³-hybridized carbons (Fsp3) is 0.333. The molecule has 0 aliphatic carbocycles. The summed E-state index contributed by atoms with van der Waals surface area (Å²) in [6.45, 7) is 2.66. The molecule has 0 radical (unpaired) electrons. The second kappa shape index (κ2) is 9.97. The van der Waals surface area contributed by atoms with Gasteiger partial charge in [-0.2, -0.15) is 0 Å². The van der Waals surface area contributed by atoms with Crippen molar-refractivity contribution >= 4 is 52.9 Å². The van der Waals surface area contributed by atoms with Crippen molar-refractivity contribution in [1.29, 1.82) is 0 Å². The molecule has 1 saturated heterocycles. The van der Waals surface area contributed by atoms with Gasteiger partial charge in [-0.1, -0.05) is 43.2 Å². The van der Waals surface area contributed by atoms with Crippen LogP contribution >= 0.6 is 35.1 Å². The fourth-order valence-corrected chi connectivity index (χ4v) is 4.73. The van der Waals surface area contributed by atoms with E-state index >= 15 is 0 Å². The number of allylic oxidation sites excluding steroid dienone is 1. The summed E-state index contributed by atoms with van der Waals surface area (Å²) in [6, 6.07) is 7.20. The fourth-order valence-electron chi connectivity index (χ4n) is 2.06. The molecular formula is C18H20ClNO2S2. The summed E-state index contributed by atoms with van der Waals surface area (Å²) < 4.78 is 0.828. The van der Waals surface area contributed by atoms with Crippen molar-refractivity contribution in [2.45, 2.75) is 19.8 Å². The van der Waals surface area contributed by atoms with Crippen LogP contribution in [0.3, 0.4) is 0 Å². The average molecular weight is 382 g/mol. The van der Waals surface area contributed by atoms with Gasteiger partial charge in [0.05, 0.1) is 4.24 Å². The van der Waals surface area contributed by atoms with Crippen molar-refractivity contribution < 1.29 is 9.59 Å². The zero-order valence-corrected chi connectivity index (χ0v) is 15.9. The maximum Gasteiger partial charge on any atom is 0.256 e. The lowest BCUT2D eigenvalue weighted by molar-refractivity contribution is -0.120. The van der Waals surface area contributed by atoms with E-state index < -0.39 is 0 Å². The molecule has 1 N–H and O–H groups in total. The van der Waals surface area contributed by atoms with Gasteiger partial charge < -0.3 is 5.32 Å². The van der Waals surface area contributed by atoms with Gasteiger partial charge in [0.1, 0.15) is 5.57 Å². The van der Waals surface area contributed by atoms with Crippen molar-refractivity contribution in [3.05, 3.63) is 50.7 Å². The van der Waals surface area contributed by atoms with Crippen LogP contribution in [-0.2, 0) is 9.59 Å². The molecule has 0 spiro atoms. The smallest absolute Gasteiger partial charge is 0.256 e. The van der Waals surface area contributed by atoms with Crippen LogP contribution in [-0.4, -0.2) is 29.7 Å². The maximum absolute atomic E-state index is 12.6. The van der Waals surface area contributed by atoms with Crippen LogP contribution in [0.4, 0.5) is 0 Å². The third-order valence-corrected chi connectivity index (χ3v) is 6.31. The Bertz CT molecular complexity index is 645. The molecule has 128 valence electrons. The molecule has 0 saturated carbocycles. The largest absolute Gasteiger partial charge is 0.352 e. The lowest BCUT2D eigenvalue weighted by Gasteiger charge is -2.08. The first kappa shape index (κ1) is 19.2. The number of halogens is 1. The summed E-state index contributed by atoms with van der Waals surface area (Å²) in [6.07, 6.45) is 5.08. The first-order chi connectivity index (χ1) is 11.6. The van der Waals surface area contributed by atoms with Crippen molar-refractivity contribution in [1.82, 2.24) is 5.32 Å². The van der Waals surface area contributed by atoms with E-state index in [0.29, 0.717) is 11.6 Å². The molecule has 1 aliphatic rings. The number of thioether (sulfide) groups is 2. The first-order valence-corrected chi connectivity index (χ1v) is 10.2. The predicted octanol–water partition coefficient (Wildman–Crippen LogP) is 4.53. The van der Waals surface area contributed by atoms with Crippen LogP contribution in [0.25, 0.3) is 6.08 Å². The molecule has 1 fully saturated rings. The highest BCUT2D eigenvalue weighted by Crippen LogP contribution is 2.39. The number of amides is 1. The van der Waals surface area contributed by atoms with E-state index in [1.165, 1.54) is 6.08 Å². The van der Waals surface area contributed by atoms with Crippen molar-refractivity contribution in [3.63, 3.8) is 0 Å². The lowest BCUT2D eigenvalue weighted by atomic mass is 10.1. The molecule has 0 unspecified atom stereocenters. The minimum absolute atomic E-state index is 0.254. The van der Waals surface area contributed by atoms with Crippen LogP contribution in [0.15, 0.2) is 40.2 Å². The molecule has 1 heterocycles. The van der Waals surface area contributed by atoms with Gasteiger partial charge in [0.2, 0.25) is 0 Å². The zero-order valence-electron chi connectivity index (χ0n) is 13.5. The molecule has 0 atom stereocenters. The minimum Gasteiger partial charge on any atom is -0.352 e. The van der Waals surface area contributed by atoms with E-state index in [0.717, 1.165) is 34.1 Å². The van der Waals surface area contributed by atoms with E-state index in [-0.39, 0.29) is 17.3 Å². The first-order valence-electron chi connectivity index (χ1n) is 7.88. The zero-order chi connectivity index (χ0) is 17.4. The van der Waals surface area contributed by atoms with Gasteiger partial charge in [0, 0.05) is 23.1 Å². The normalized spacial score (nSPS) is 14.2. The Morgan fingerprint density at radius 1 is 1.21 bits per heavy atom. The van der Waals surface area contributed by atoms with Crippen LogP contribution in [0.2, 0.25) is 5.02 Å². The second-order valence-electron chi connectivity index (χ2n) is 5.22. The molecule has 1 amide bonds. The monoisotopic (exact) mass is 381 g/mol. The van der Waals surface area contributed by atoms with Crippen molar-refractivity contribution in [3.8, 4) is 0 Å². The van der Waals surface area contributed by atoms with Crippen LogP contribution < -0.4 is 5.32 Å². The third kappa shape index (κ3) is 5.72. The Balaban J connectivity index is 2.14. The number of carbonyl (C=O) groups excluding carboxylic acids is 2. The van der Waals surface area contributed by atoms with Gasteiger partial charge >= 0.3 is 0 Å². The van der Waals surface area contributed by atoms with E-state index in [1.807, 2.05) is 12.1 Å². The van der Waals surface area contributed by atoms with Crippen molar-refractivity contribution in [2.75, 3.05) is 18.1 Å². The van der Waals surface area contributed by atoms with Gasteiger partial charge in [-0.25, -0.2) is 0 Å². The Kier molecular flexibility index (Phi) is 7.95. The van der Waals surface area contributed by atoms with Crippen molar-refractivity contribution in [2.24, 2.45) is 0 Å². The third-order valence-electron chi connectivity index (χ3n) is 3.34. The highest BCUT2D eigenvalue weighted by molar-refractivity contribution is 8.25. The average Bonchev–Trinajstić information content (AvgIpc) is 3.09. The minimum atomic E-state index is -0.272. The van der Waals surface area contributed by atoms with Gasteiger partial charge in [-0.3, -0.25) is 9.59 Å². The number of rotatable bonds is 7. The molecule has 1 aromatic carbocycles. The summed E-state index contributed by atoms with van der Waals surface area (Å²) in [4.78, 5) is 25.0. The van der Waals surface area contributed by atoms with E-state index in [2.05, 4.69) is 12.2 Å². The molecule has 2 rings (SSSR count). The molecule has 1 aromatic rings. The molecule has 3 nitrogen and oxygen atoms in total. The lowest BCUT2D eigenvalue weighted by Crippen LogP contribution is -2.29. The van der Waals surface area contributed by atoms with E-state index in [9.17, 15) is 9.59 Å². The number of hydrogen-bond donors (Lipinski definition) is 1. The van der Waals surface area contributed by atoms with Gasteiger partial charge in [0.25, 0.3) is 5.91 Å². The number of unbranched alkanes of at least 4 members (excludes halogenated alkanes) is 1. The summed E-state index contributed by atoms with van der Waals surface area (Å²) in [5.41, 5.74) is 1.14. The quantitative estimate of drug-likeness (QED) is 0.326. The molecule has 0 bridgehead atoms. The molecule has 6 heteroatoms. The number of carbonyl (C=O) groups is 2. The SMILES string of the molecule is CCCCNC(=O)C(C(=O)/C=C/c1ccc(Cl)cc1)=C1SCCS1. The highest BCUT2D eigenvalue weighted by Gasteiger charge is 2.24. The Labute approximate surface area is 156 Å². The van der Waals surface area contributed by atoms with Crippen LogP contribution in [0.5, 0.6) is 0 Å². The van der Waals surface area contributed by atoms with E-state index in [4.69, 9.17) is 11.6 Å². The maximum atomic E-state index is 12.6.